The molecule has 0 amide bonds. The van der Waals surface area contributed by atoms with E-state index in [4.69, 9.17) is 10.8 Å². The third-order valence-corrected chi connectivity index (χ3v) is 6.12. The van der Waals surface area contributed by atoms with Crippen LogP contribution in [0.3, 0.4) is 0 Å². The average molecular weight is 320 g/mol. The molecule has 0 aromatic heterocycles. The van der Waals surface area contributed by atoms with Gasteiger partial charge in [0.05, 0.1) is 5.54 Å². The molecule has 122 valence electrons. The first-order valence-corrected chi connectivity index (χ1v) is 8.65. The van der Waals surface area contributed by atoms with Crippen molar-refractivity contribution in [3.8, 4) is 0 Å². The number of likely N-dealkylation sites (tertiary alicyclic amines) is 1. The van der Waals surface area contributed by atoms with Gasteiger partial charge >= 0.3 is 5.97 Å². The molecular formula is C12H24N4O4S. The number of rotatable bonds is 6. The summed E-state index contributed by atoms with van der Waals surface area (Å²) in [6.45, 7) is 2.21. The maximum Gasteiger partial charge on any atom is 0.320 e. The molecule has 0 saturated carbocycles. The Morgan fingerprint density at radius 3 is 2.71 bits per heavy atom. The summed E-state index contributed by atoms with van der Waals surface area (Å²) in [6.07, 6.45) is 2.67. The Kier molecular flexibility index (Phi) is 4.89. The zero-order valence-corrected chi connectivity index (χ0v) is 13.1. The van der Waals surface area contributed by atoms with E-state index in [-0.39, 0.29) is 18.5 Å². The topological polar surface area (TPSA) is 116 Å². The summed E-state index contributed by atoms with van der Waals surface area (Å²) in [7, 11) is -1.59. The number of nitrogens with one attached hydrogen (secondary N) is 1. The average Bonchev–Trinajstić information content (AvgIpc) is 2.96. The molecular weight excluding hydrogens is 296 g/mol. The Balaban J connectivity index is 1.97. The number of carboxylic acids is 1. The molecule has 0 bridgehead atoms. The minimum atomic E-state index is -3.59. The zero-order chi connectivity index (χ0) is 15.7. The first-order valence-electron chi connectivity index (χ1n) is 7.21. The van der Waals surface area contributed by atoms with Crippen molar-refractivity contribution in [3.63, 3.8) is 0 Å². The predicted octanol–water partition coefficient (Wildman–Crippen LogP) is -1.21. The Morgan fingerprint density at radius 2 is 2.14 bits per heavy atom. The molecule has 8 nitrogen and oxygen atoms in total. The molecule has 1 spiro atoms. The van der Waals surface area contributed by atoms with Gasteiger partial charge in [-0.2, -0.15) is 12.7 Å². The molecule has 21 heavy (non-hydrogen) atoms. The molecule has 2 saturated heterocycles. The van der Waals surface area contributed by atoms with Crippen molar-refractivity contribution in [1.29, 1.82) is 0 Å². The van der Waals surface area contributed by atoms with Gasteiger partial charge in [0.15, 0.2) is 0 Å². The number of nitrogens with two attached hydrogens (primary N) is 1. The molecule has 2 atom stereocenters. The maximum absolute atomic E-state index is 12.5. The Labute approximate surface area is 125 Å². The second-order valence-corrected chi connectivity index (χ2v) is 7.70. The van der Waals surface area contributed by atoms with Gasteiger partial charge < -0.3 is 15.7 Å². The van der Waals surface area contributed by atoms with Gasteiger partial charge in [-0.1, -0.05) is 0 Å². The molecule has 0 aromatic carbocycles. The highest BCUT2D eigenvalue weighted by Crippen LogP contribution is 2.38. The lowest BCUT2D eigenvalue weighted by Gasteiger charge is -2.33. The second kappa shape index (κ2) is 6.17. The highest BCUT2D eigenvalue weighted by molar-refractivity contribution is 7.87. The van der Waals surface area contributed by atoms with E-state index in [1.165, 1.54) is 0 Å². The maximum atomic E-state index is 12.5. The lowest BCUT2D eigenvalue weighted by molar-refractivity contribution is -0.138. The highest BCUT2D eigenvalue weighted by atomic mass is 32.2. The fourth-order valence-corrected chi connectivity index (χ4v) is 4.95. The van der Waals surface area contributed by atoms with E-state index in [1.807, 2.05) is 7.05 Å². The fourth-order valence-electron chi connectivity index (χ4n) is 3.30. The molecule has 1 unspecified atom stereocenters. The lowest BCUT2D eigenvalue weighted by atomic mass is 9.97. The van der Waals surface area contributed by atoms with Gasteiger partial charge in [-0.25, -0.2) is 4.72 Å². The van der Waals surface area contributed by atoms with Gasteiger partial charge in [0.25, 0.3) is 10.2 Å². The van der Waals surface area contributed by atoms with Gasteiger partial charge in [-0.3, -0.25) is 4.79 Å². The molecule has 4 N–H and O–H groups in total. The number of hydrogen-bond acceptors (Lipinski definition) is 5. The highest BCUT2D eigenvalue weighted by Gasteiger charge is 2.50. The van der Waals surface area contributed by atoms with Crippen molar-refractivity contribution in [2.24, 2.45) is 5.73 Å². The number of nitrogens with zero attached hydrogens (tertiary/aromatic N) is 2. The summed E-state index contributed by atoms with van der Waals surface area (Å²) >= 11 is 0. The summed E-state index contributed by atoms with van der Waals surface area (Å²) in [5.74, 6) is -1.12. The SMILES string of the molecule is CN1CCC2(CCCN2S(=O)(=O)NCC[C@H](N)C(=O)O)C1. The Bertz CT molecular complexity index is 497. The summed E-state index contributed by atoms with van der Waals surface area (Å²) in [4.78, 5) is 12.8. The van der Waals surface area contributed by atoms with Gasteiger partial charge in [-0.15, -0.1) is 0 Å². The Morgan fingerprint density at radius 1 is 1.43 bits per heavy atom. The summed E-state index contributed by atoms with van der Waals surface area (Å²) < 4.78 is 29.0. The van der Waals surface area contributed by atoms with Crippen LogP contribution in [0.2, 0.25) is 0 Å². The van der Waals surface area contributed by atoms with Crippen molar-refractivity contribution >= 4 is 16.2 Å². The van der Waals surface area contributed by atoms with E-state index >= 15 is 0 Å². The first kappa shape index (κ1) is 16.6. The van der Waals surface area contributed by atoms with Crippen molar-refractivity contribution in [2.75, 3.05) is 33.2 Å². The van der Waals surface area contributed by atoms with Crippen molar-refractivity contribution in [2.45, 2.75) is 37.3 Å². The first-order chi connectivity index (χ1) is 9.77. The molecule has 2 aliphatic rings. The van der Waals surface area contributed by atoms with E-state index < -0.39 is 22.2 Å². The molecule has 0 radical (unpaired) electrons. The van der Waals surface area contributed by atoms with Crippen LogP contribution < -0.4 is 10.5 Å². The number of aliphatic carboxylic acids is 1. The third-order valence-electron chi connectivity index (χ3n) is 4.40. The normalized spacial score (nSPS) is 29.2. The molecule has 2 aliphatic heterocycles. The largest absolute Gasteiger partial charge is 0.480 e. The fraction of sp³-hybridized carbons (Fsp3) is 0.917. The van der Waals surface area contributed by atoms with Crippen LogP contribution in [0, 0.1) is 0 Å². The van der Waals surface area contributed by atoms with Gasteiger partial charge in [-0.05, 0) is 39.3 Å². The molecule has 2 rings (SSSR count). The van der Waals surface area contributed by atoms with E-state index in [9.17, 15) is 13.2 Å². The molecule has 0 aromatic rings. The molecule has 0 aliphatic carbocycles. The molecule has 2 fully saturated rings. The van der Waals surface area contributed by atoms with Crippen LogP contribution in [0.15, 0.2) is 0 Å². The number of carbonyl (C=O) groups is 1. The van der Waals surface area contributed by atoms with Gasteiger partial charge in [0.1, 0.15) is 6.04 Å². The number of carboxylic acid groups (broad SMARTS) is 1. The summed E-state index contributed by atoms with van der Waals surface area (Å²) in [5.41, 5.74) is 5.08. The van der Waals surface area contributed by atoms with Crippen LogP contribution >= 0.6 is 0 Å². The van der Waals surface area contributed by atoms with Crippen molar-refractivity contribution in [3.05, 3.63) is 0 Å². The number of hydrogen-bond donors (Lipinski definition) is 3. The Hall–Kier alpha value is -0.740. The van der Waals surface area contributed by atoms with Crippen LogP contribution in [0.4, 0.5) is 0 Å². The van der Waals surface area contributed by atoms with E-state index in [0.717, 1.165) is 32.4 Å². The van der Waals surface area contributed by atoms with E-state index in [0.29, 0.717) is 6.54 Å². The smallest absolute Gasteiger partial charge is 0.320 e. The molecule has 2 heterocycles. The van der Waals surface area contributed by atoms with Crippen LogP contribution in [0.5, 0.6) is 0 Å². The zero-order valence-electron chi connectivity index (χ0n) is 12.3. The van der Waals surface area contributed by atoms with Crippen molar-refractivity contribution in [1.82, 2.24) is 13.9 Å². The van der Waals surface area contributed by atoms with Gasteiger partial charge in [0, 0.05) is 19.6 Å². The quantitative estimate of drug-likeness (QED) is 0.566. The third kappa shape index (κ3) is 3.54. The van der Waals surface area contributed by atoms with Crippen LogP contribution in [-0.4, -0.2) is 73.5 Å². The standard InChI is InChI=1S/C12H24N4O4S/c1-15-8-5-12(9-15)4-2-7-16(12)21(19,20)14-6-3-10(13)11(17)18/h10,14H,2-9,13H2,1H3,(H,17,18)/t10-,12?/m0/s1. The van der Waals surface area contributed by atoms with Crippen LogP contribution in [0.25, 0.3) is 0 Å². The molecule has 9 heteroatoms. The van der Waals surface area contributed by atoms with E-state index in [2.05, 4.69) is 9.62 Å². The minimum absolute atomic E-state index is 0.0399. The monoisotopic (exact) mass is 320 g/mol. The summed E-state index contributed by atoms with van der Waals surface area (Å²) in [6, 6.07) is -1.04. The summed E-state index contributed by atoms with van der Waals surface area (Å²) in [5, 5.41) is 8.70. The van der Waals surface area contributed by atoms with Crippen molar-refractivity contribution < 1.29 is 18.3 Å². The van der Waals surface area contributed by atoms with Crippen LogP contribution in [-0.2, 0) is 15.0 Å². The van der Waals surface area contributed by atoms with Crippen LogP contribution in [0.1, 0.15) is 25.7 Å². The van der Waals surface area contributed by atoms with Gasteiger partial charge in [0.2, 0.25) is 0 Å². The minimum Gasteiger partial charge on any atom is -0.480 e. The lowest BCUT2D eigenvalue weighted by Crippen LogP contribution is -2.53. The second-order valence-electron chi connectivity index (χ2n) is 6.02. The number of likely N-dealkylation sites (N-methyl/N-ethyl adjacent to an activating group) is 1. The predicted molar refractivity (Wildman–Crippen MR) is 77.9 cm³/mol. The van der Waals surface area contributed by atoms with E-state index in [1.54, 1.807) is 4.31 Å².